The lowest BCUT2D eigenvalue weighted by molar-refractivity contribution is 0.0923. The summed E-state index contributed by atoms with van der Waals surface area (Å²) >= 11 is 0. The van der Waals surface area contributed by atoms with Crippen molar-refractivity contribution in [3.63, 3.8) is 0 Å². The van der Waals surface area contributed by atoms with E-state index in [2.05, 4.69) is 22.9 Å². The molecule has 0 aliphatic heterocycles. The number of sulfonamides is 1. The third-order valence-electron chi connectivity index (χ3n) is 4.12. The number of rotatable bonds is 5. The molecule has 0 radical (unpaired) electrons. The van der Waals surface area contributed by atoms with Crippen molar-refractivity contribution in [1.82, 2.24) is 10.0 Å². The molecule has 0 spiro atoms. The molecule has 0 atom stereocenters. The Morgan fingerprint density at radius 1 is 1.30 bits per heavy atom. The first-order valence-electron chi connectivity index (χ1n) is 7.76. The first kappa shape index (κ1) is 17.5. The minimum absolute atomic E-state index is 0.0395. The van der Waals surface area contributed by atoms with Crippen molar-refractivity contribution < 1.29 is 13.2 Å². The van der Waals surface area contributed by atoms with Crippen molar-refractivity contribution >= 4 is 15.9 Å². The molecule has 1 aliphatic carbocycles. The predicted molar refractivity (Wildman–Crippen MR) is 89.3 cm³/mol. The van der Waals surface area contributed by atoms with E-state index in [4.69, 9.17) is 6.42 Å². The summed E-state index contributed by atoms with van der Waals surface area (Å²) in [6, 6.07) is 6.15. The molecule has 2 N–H and O–H groups in total. The minimum atomic E-state index is -3.69. The summed E-state index contributed by atoms with van der Waals surface area (Å²) in [4.78, 5) is 12.4. The van der Waals surface area contributed by atoms with Gasteiger partial charge in [-0.2, -0.15) is 4.72 Å². The molecule has 0 bridgehead atoms. The largest absolute Gasteiger partial charge is 0.349 e. The molecule has 0 heterocycles. The maximum absolute atomic E-state index is 12.3. The third-order valence-corrected chi connectivity index (χ3v) is 5.52. The first-order valence-corrected chi connectivity index (χ1v) is 9.25. The minimum Gasteiger partial charge on any atom is -0.349 e. The summed E-state index contributed by atoms with van der Waals surface area (Å²) in [5.41, 5.74) is 0.340. The van der Waals surface area contributed by atoms with Crippen LogP contribution in [-0.4, -0.2) is 26.9 Å². The fraction of sp³-hybridized carbons (Fsp3) is 0.471. The first-order chi connectivity index (χ1) is 10.9. The van der Waals surface area contributed by atoms with E-state index in [-0.39, 0.29) is 23.4 Å². The van der Waals surface area contributed by atoms with Crippen molar-refractivity contribution in [3.05, 3.63) is 29.8 Å². The molecule has 1 aliphatic rings. The standard InChI is InChI=1S/C17H22N2O3S/c1-3-11-18-23(21,22)16-6-4-5-14(12-16)17(20)19-15-9-7-13(2)8-10-15/h1,4-6,12-13,15,18H,7-11H2,2H3,(H,19,20). The van der Waals surface area contributed by atoms with Crippen LogP contribution in [0, 0.1) is 18.3 Å². The van der Waals surface area contributed by atoms with Gasteiger partial charge in [0.1, 0.15) is 0 Å². The van der Waals surface area contributed by atoms with Crippen LogP contribution in [0.2, 0.25) is 0 Å². The second-order valence-electron chi connectivity index (χ2n) is 5.99. The number of nitrogens with one attached hydrogen (secondary N) is 2. The molecule has 1 aromatic carbocycles. The highest BCUT2D eigenvalue weighted by Gasteiger charge is 2.21. The van der Waals surface area contributed by atoms with Gasteiger partial charge in [-0.1, -0.05) is 18.9 Å². The number of hydrogen-bond donors (Lipinski definition) is 2. The summed E-state index contributed by atoms with van der Waals surface area (Å²) in [6.45, 7) is 2.13. The van der Waals surface area contributed by atoms with Crippen molar-refractivity contribution in [1.29, 1.82) is 0 Å². The molecular formula is C17H22N2O3S. The van der Waals surface area contributed by atoms with Crippen LogP contribution in [0.25, 0.3) is 0 Å². The zero-order valence-electron chi connectivity index (χ0n) is 13.2. The van der Waals surface area contributed by atoms with Gasteiger partial charge in [0.25, 0.3) is 5.91 Å². The van der Waals surface area contributed by atoms with Crippen molar-refractivity contribution in [2.24, 2.45) is 5.92 Å². The number of terminal acetylenes is 1. The van der Waals surface area contributed by atoms with E-state index < -0.39 is 10.0 Å². The van der Waals surface area contributed by atoms with Gasteiger partial charge < -0.3 is 5.32 Å². The number of hydrogen-bond acceptors (Lipinski definition) is 3. The average molecular weight is 334 g/mol. The quantitative estimate of drug-likeness (QED) is 0.808. The molecule has 1 fully saturated rings. The van der Waals surface area contributed by atoms with Gasteiger partial charge in [0.05, 0.1) is 11.4 Å². The molecule has 1 aromatic rings. The smallest absolute Gasteiger partial charge is 0.251 e. The summed E-state index contributed by atoms with van der Waals surface area (Å²) in [5.74, 6) is 2.69. The second-order valence-corrected chi connectivity index (χ2v) is 7.75. The Bertz CT molecular complexity index is 699. The van der Waals surface area contributed by atoms with Crippen molar-refractivity contribution in [2.45, 2.75) is 43.5 Å². The molecule has 2 rings (SSSR count). The monoisotopic (exact) mass is 334 g/mol. The molecule has 23 heavy (non-hydrogen) atoms. The van der Waals surface area contributed by atoms with E-state index in [1.807, 2.05) is 0 Å². The number of carbonyl (C=O) groups is 1. The van der Waals surface area contributed by atoms with Gasteiger partial charge in [-0.3, -0.25) is 4.79 Å². The summed E-state index contributed by atoms with van der Waals surface area (Å²) in [6.07, 6.45) is 9.21. The average Bonchev–Trinajstić information content (AvgIpc) is 2.55. The molecule has 0 unspecified atom stereocenters. The van der Waals surface area contributed by atoms with Crippen LogP contribution < -0.4 is 10.0 Å². The Labute approximate surface area is 137 Å². The normalized spacial score (nSPS) is 21.4. The van der Waals surface area contributed by atoms with Gasteiger partial charge in [-0.15, -0.1) is 6.42 Å². The molecule has 124 valence electrons. The Kier molecular flexibility index (Phi) is 5.80. The van der Waals surface area contributed by atoms with E-state index in [9.17, 15) is 13.2 Å². The highest BCUT2D eigenvalue weighted by Crippen LogP contribution is 2.23. The Balaban J connectivity index is 2.07. The molecular weight excluding hydrogens is 312 g/mol. The van der Waals surface area contributed by atoms with Crippen molar-refractivity contribution in [3.8, 4) is 12.3 Å². The summed E-state index contributed by atoms with van der Waals surface area (Å²) in [5, 5.41) is 2.99. The third kappa shape index (κ3) is 4.81. The molecule has 0 aromatic heterocycles. The van der Waals surface area contributed by atoms with Crippen LogP contribution in [0.4, 0.5) is 0 Å². The van der Waals surface area contributed by atoms with Crippen LogP contribution in [0.15, 0.2) is 29.2 Å². The van der Waals surface area contributed by atoms with E-state index in [0.717, 1.165) is 25.7 Å². The lowest BCUT2D eigenvalue weighted by Gasteiger charge is -2.26. The molecule has 5 nitrogen and oxygen atoms in total. The van der Waals surface area contributed by atoms with Crippen LogP contribution >= 0.6 is 0 Å². The molecule has 6 heteroatoms. The van der Waals surface area contributed by atoms with Gasteiger partial charge in [0, 0.05) is 11.6 Å². The van der Waals surface area contributed by atoms with E-state index >= 15 is 0 Å². The fourth-order valence-corrected chi connectivity index (χ4v) is 3.68. The topological polar surface area (TPSA) is 75.3 Å². The molecule has 1 amide bonds. The highest BCUT2D eigenvalue weighted by molar-refractivity contribution is 7.89. The maximum Gasteiger partial charge on any atom is 0.251 e. The van der Waals surface area contributed by atoms with Gasteiger partial charge in [0.2, 0.25) is 10.0 Å². The lowest BCUT2D eigenvalue weighted by Crippen LogP contribution is -2.37. The van der Waals surface area contributed by atoms with E-state index in [1.165, 1.54) is 12.1 Å². The zero-order valence-corrected chi connectivity index (χ0v) is 14.0. The number of benzene rings is 1. The van der Waals surface area contributed by atoms with Crippen LogP contribution in [0.5, 0.6) is 0 Å². The zero-order chi connectivity index (χ0) is 16.9. The number of amides is 1. The highest BCUT2D eigenvalue weighted by atomic mass is 32.2. The van der Waals surface area contributed by atoms with Gasteiger partial charge >= 0.3 is 0 Å². The van der Waals surface area contributed by atoms with Crippen LogP contribution in [0.1, 0.15) is 43.0 Å². The van der Waals surface area contributed by atoms with E-state index in [1.54, 1.807) is 12.1 Å². The second kappa shape index (κ2) is 7.62. The predicted octanol–water partition coefficient (Wildman–Crippen LogP) is 1.91. The molecule has 0 saturated heterocycles. The van der Waals surface area contributed by atoms with Crippen LogP contribution in [-0.2, 0) is 10.0 Å². The number of carbonyl (C=O) groups excluding carboxylic acids is 1. The Hall–Kier alpha value is -1.84. The van der Waals surface area contributed by atoms with Gasteiger partial charge in [0.15, 0.2) is 0 Å². The van der Waals surface area contributed by atoms with Crippen molar-refractivity contribution in [2.75, 3.05) is 6.54 Å². The SMILES string of the molecule is C#CCNS(=O)(=O)c1cccc(C(=O)NC2CCC(C)CC2)c1. The Morgan fingerprint density at radius 2 is 2.00 bits per heavy atom. The maximum atomic E-state index is 12.3. The Morgan fingerprint density at radius 3 is 2.65 bits per heavy atom. The van der Waals surface area contributed by atoms with Gasteiger partial charge in [-0.25, -0.2) is 8.42 Å². The van der Waals surface area contributed by atoms with Gasteiger partial charge in [-0.05, 0) is 49.8 Å². The summed E-state index contributed by atoms with van der Waals surface area (Å²) < 4.78 is 26.4. The van der Waals surface area contributed by atoms with E-state index in [0.29, 0.717) is 11.5 Å². The summed E-state index contributed by atoms with van der Waals surface area (Å²) in [7, 11) is -3.69. The van der Waals surface area contributed by atoms with Crippen LogP contribution in [0.3, 0.4) is 0 Å². The lowest BCUT2D eigenvalue weighted by atomic mass is 9.87. The molecule has 1 saturated carbocycles. The fourth-order valence-electron chi connectivity index (χ4n) is 2.70.